The number of rotatable bonds is 3. The minimum absolute atomic E-state index is 0.192. The highest BCUT2D eigenvalue weighted by atomic mass is 35.5. The summed E-state index contributed by atoms with van der Waals surface area (Å²) in [5, 5.41) is 1.61. The molecule has 0 spiro atoms. The second kappa shape index (κ2) is 6.37. The smallest absolute Gasteiger partial charge is 0.258 e. The molecule has 1 aliphatic heterocycles. The molecule has 124 valence electrons. The topological polar surface area (TPSA) is 54.5 Å². The van der Waals surface area contributed by atoms with E-state index < -0.39 is 27.6 Å². The first-order chi connectivity index (χ1) is 11.4. The van der Waals surface area contributed by atoms with E-state index >= 15 is 0 Å². The van der Waals surface area contributed by atoms with Crippen LogP contribution in [0.5, 0.6) is 0 Å². The van der Waals surface area contributed by atoms with E-state index in [1.807, 2.05) is 0 Å². The number of sulfone groups is 1. The molecule has 2 aromatic rings. The molecule has 0 radical (unpaired) electrons. The first-order valence-electron chi connectivity index (χ1n) is 7.11. The van der Waals surface area contributed by atoms with E-state index in [1.54, 1.807) is 24.3 Å². The quantitative estimate of drug-likeness (QED) is 0.837. The van der Waals surface area contributed by atoms with Crippen LogP contribution in [-0.4, -0.2) is 26.1 Å². The van der Waals surface area contributed by atoms with Crippen molar-refractivity contribution in [3.05, 3.63) is 76.4 Å². The number of amides is 1. The fourth-order valence-corrected chi connectivity index (χ4v) is 3.91. The minimum Gasteiger partial charge on any atom is -0.300 e. The summed E-state index contributed by atoms with van der Waals surface area (Å²) in [6.45, 7) is 0. The Morgan fingerprint density at radius 3 is 2.25 bits per heavy atom. The molecule has 1 aliphatic rings. The molecule has 1 amide bonds. The zero-order valence-corrected chi connectivity index (χ0v) is 14.0. The Hall–Kier alpha value is -2.18. The monoisotopic (exact) mass is 365 g/mol. The fourth-order valence-electron chi connectivity index (χ4n) is 2.51. The van der Waals surface area contributed by atoms with Crippen molar-refractivity contribution in [2.24, 2.45) is 0 Å². The van der Waals surface area contributed by atoms with Crippen LogP contribution in [0.3, 0.4) is 0 Å². The van der Waals surface area contributed by atoms with E-state index in [9.17, 15) is 17.6 Å². The Morgan fingerprint density at radius 2 is 1.71 bits per heavy atom. The number of carbonyl (C=O) groups is 1. The number of hydrogen-bond acceptors (Lipinski definition) is 3. The first-order valence-corrected chi connectivity index (χ1v) is 9.21. The molecule has 0 bridgehead atoms. The van der Waals surface area contributed by atoms with Crippen molar-refractivity contribution < 1.29 is 17.6 Å². The number of anilines is 1. The summed E-state index contributed by atoms with van der Waals surface area (Å²) in [7, 11) is -3.34. The summed E-state index contributed by atoms with van der Waals surface area (Å²) in [4.78, 5) is 14.3. The highest BCUT2D eigenvalue weighted by Crippen LogP contribution is 2.26. The Bertz CT molecular complexity index is 892. The van der Waals surface area contributed by atoms with E-state index in [0.29, 0.717) is 10.7 Å². The molecule has 0 fully saturated rings. The second-order valence-electron chi connectivity index (χ2n) is 5.38. The highest BCUT2D eigenvalue weighted by molar-refractivity contribution is 7.94. The standard InChI is InChI=1S/C17H13ClFNO3S/c18-13-3-7-15(8-4-13)20(16-9-10-24(22,23)11-16)17(21)12-1-5-14(19)6-2-12/h1-10,16H,11H2/t16-/m1/s1. The van der Waals surface area contributed by atoms with E-state index in [2.05, 4.69) is 0 Å². The van der Waals surface area contributed by atoms with Crippen LogP contribution < -0.4 is 4.90 Å². The van der Waals surface area contributed by atoms with Crippen molar-refractivity contribution in [2.45, 2.75) is 6.04 Å². The van der Waals surface area contributed by atoms with Gasteiger partial charge in [0, 0.05) is 21.7 Å². The molecule has 0 unspecified atom stereocenters. The van der Waals surface area contributed by atoms with Crippen molar-refractivity contribution in [3.63, 3.8) is 0 Å². The van der Waals surface area contributed by atoms with Crippen LogP contribution in [0.4, 0.5) is 10.1 Å². The van der Waals surface area contributed by atoms with Crippen LogP contribution in [0.1, 0.15) is 10.4 Å². The van der Waals surface area contributed by atoms with E-state index in [-0.39, 0.29) is 11.3 Å². The number of benzene rings is 2. The second-order valence-corrected chi connectivity index (χ2v) is 7.75. The van der Waals surface area contributed by atoms with Gasteiger partial charge in [0.25, 0.3) is 5.91 Å². The molecule has 0 aromatic heterocycles. The van der Waals surface area contributed by atoms with E-state index in [4.69, 9.17) is 11.6 Å². The maximum absolute atomic E-state index is 13.1. The molecule has 2 aromatic carbocycles. The van der Waals surface area contributed by atoms with E-state index in [1.165, 1.54) is 35.2 Å². The van der Waals surface area contributed by atoms with Crippen LogP contribution in [0.2, 0.25) is 5.02 Å². The third-order valence-electron chi connectivity index (χ3n) is 3.66. The molecule has 7 heteroatoms. The van der Waals surface area contributed by atoms with Crippen LogP contribution in [-0.2, 0) is 9.84 Å². The zero-order valence-electron chi connectivity index (χ0n) is 12.4. The predicted octanol–water partition coefficient (Wildman–Crippen LogP) is 3.44. The molecule has 24 heavy (non-hydrogen) atoms. The predicted molar refractivity (Wildman–Crippen MR) is 91.4 cm³/mol. The maximum atomic E-state index is 13.1. The number of halogens is 2. The van der Waals surface area contributed by atoms with Gasteiger partial charge in [0.1, 0.15) is 5.82 Å². The lowest BCUT2D eigenvalue weighted by Crippen LogP contribution is -2.41. The van der Waals surface area contributed by atoms with Crippen molar-refractivity contribution in [1.29, 1.82) is 0 Å². The van der Waals surface area contributed by atoms with Crippen molar-refractivity contribution >= 4 is 33.0 Å². The fraction of sp³-hybridized carbons (Fsp3) is 0.118. The molecule has 1 heterocycles. The van der Waals surface area contributed by atoms with Gasteiger partial charge < -0.3 is 4.90 Å². The van der Waals surface area contributed by atoms with Gasteiger partial charge in [0.05, 0.1) is 11.8 Å². The Morgan fingerprint density at radius 1 is 1.08 bits per heavy atom. The lowest BCUT2D eigenvalue weighted by Gasteiger charge is -2.28. The molecular weight excluding hydrogens is 353 g/mol. The highest BCUT2D eigenvalue weighted by Gasteiger charge is 2.32. The Kier molecular flexibility index (Phi) is 4.43. The van der Waals surface area contributed by atoms with Crippen molar-refractivity contribution in [1.82, 2.24) is 0 Å². The van der Waals surface area contributed by atoms with Crippen LogP contribution in [0, 0.1) is 5.82 Å². The summed E-state index contributed by atoms with van der Waals surface area (Å²) in [6, 6.07) is 11.0. The van der Waals surface area contributed by atoms with Gasteiger partial charge in [-0.05, 0) is 54.6 Å². The van der Waals surface area contributed by atoms with Gasteiger partial charge in [-0.1, -0.05) is 11.6 Å². The molecule has 0 saturated carbocycles. The lowest BCUT2D eigenvalue weighted by atomic mass is 10.1. The summed E-state index contributed by atoms with van der Waals surface area (Å²) >= 11 is 5.88. The van der Waals surface area contributed by atoms with Gasteiger partial charge in [-0.2, -0.15) is 0 Å². The van der Waals surface area contributed by atoms with Gasteiger partial charge in [-0.25, -0.2) is 12.8 Å². The van der Waals surface area contributed by atoms with Gasteiger partial charge in [-0.3, -0.25) is 4.79 Å². The largest absolute Gasteiger partial charge is 0.300 e. The zero-order chi connectivity index (χ0) is 17.3. The van der Waals surface area contributed by atoms with Crippen molar-refractivity contribution in [2.75, 3.05) is 10.7 Å². The number of carbonyl (C=O) groups excluding carboxylic acids is 1. The SMILES string of the molecule is O=C(c1ccc(F)cc1)N(c1ccc(Cl)cc1)[C@@H]1C=CS(=O)(=O)C1. The van der Waals surface area contributed by atoms with Crippen LogP contribution in [0.25, 0.3) is 0 Å². The summed E-state index contributed by atoms with van der Waals surface area (Å²) < 4.78 is 36.6. The molecular formula is C17H13ClFNO3S. The summed E-state index contributed by atoms with van der Waals surface area (Å²) in [5.41, 5.74) is 0.782. The first kappa shape index (κ1) is 16.7. The molecule has 0 saturated heterocycles. The molecule has 3 rings (SSSR count). The molecule has 0 aliphatic carbocycles. The third-order valence-corrected chi connectivity index (χ3v) is 5.29. The normalized spacial score (nSPS) is 18.5. The van der Waals surface area contributed by atoms with Gasteiger partial charge in [-0.15, -0.1) is 0 Å². The van der Waals surface area contributed by atoms with Gasteiger partial charge in [0.15, 0.2) is 9.84 Å². The van der Waals surface area contributed by atoms with Crippen LogP contribution in [0.15, 0.2) is 60.0 Å². The van der Waals surface area contributed by atoms with E-state index in [0.717, 1.165) is 5.41 Å². The average molecular weight is 366 g/mol. The van der Waals surface area contributed by atoms with Crippen molar-refractivity contribution in [3.8, 4) is 0 Å². The third kappa shape index (κ3) is 3.49. The van der Waals surface area contributed by atoms with Crippen LogP contribution >= 0.6 is 11.6 Å². The molecule has 1 atom stereocenters. The molecule has 4 nitrogen and oxygen atoms in total. The Labute approximate surface area is 144 Å². The number of nitrogens with zero attached hydrogens (tertiary/aromatic N) is 1. The lowest BCUT2D eigenvalue weighted by molar-refractivity contribution is 0.0983. The Balaban J connectivity index is 2.01. The average Bonchev–Trinajstić information content (AvgIpc) is 2.90. The summed E-state index contributed by atoms with van der Waals surface area (Å²) in [6.07, 6.45) is 1.48. The number of hydrogen-bond donors (Lipinski definition) is 0. The maximum Gasteiger partial charge on any atom is 0.258 e. The molecule has 0 N–H and O–H groups in total. The van der Waals surface area contributed by atoms with Gasteiger partial charge in [0.2, 0.25) is 0 Å². The van der Waals surface area contributed by atoms with Gasteiger partial charge >= 0.3 is 0 Å². The summed E-state index contributed by atoms with van der Waals surface area (Å²) in [5.74, 6) is -1.06. The minimum atomic E-state index is -3.34.